The fourth-order valence-electron chi connectivity index (χ4n) is 2.92. The minimum atomic E-state index is -0.928. The van der Waals surface area contributed by atoms with Crippen LogP contribution < -0.4 is 4.74 Å². The molecule has 0 aliphatic rings. The molecule has 2 aromatic carbocycles. The van der Waals surface area contributed by atoms with Crippen LogP contribution in [0.15, 0.2) is 60.9 Å². The second kappa shape index (κ2) is 8.45. The van der Waals surface area contributed by atoms with Crippen molar-refractivity contribution in [1.29, 1.82) is 0 Å². The summed E-state index contributed by atoms with van der Waals surface area (Å²) in [5.41, 5.74) is 1.56. The van der Waals surface area contributed by atoms with Gasteiger partial charge in [0, 0.05) is 30.9 Å². The molecule has 0 aliphatic carbocycles. The van der Waals surface area contributed by atoms with Gasteiger partial charge in [-0.1, -0.05) is 18.2 Å². The molecule has 0 unspecified atom stereocenters. The van der Waals surface area contributed by atoms with Crippen LogP contribution in [0.5, 0.6) is 5.75 Å². The Morgan fingerprint density at radius 2 is 1.96 bits per heavy atom. The number of carbonyl (C=O) groups is 1. The molecule has 0 atom stereocenters. The molecule has 1 heterocycles. The summed E-state index contributed by atoms with van der Waals surface area (Å²) in [7, 11) is 2.10. The van der Waals surface area contributed by atoms with Crippen LogP contribution in [0.1, 0.15) is 22.3 Å². The number of ether oxygens (including phenoxy) is 1. The Balaban J connectivity index is 1.47. The first kappa shape index (κ1) is 17.9. The third-order valence-electron chi connectivity index (χ3n) is 4.27. The molecular formula is C21H22N2O3. The van der Waals surface area contributed by atoms with Crippen molar-refractivity contribution < 1.29 is 14.6 Å². The van der Waals surface area contributed by atoms with Crippen LogP contribution in [0.4, 0.5) is 0 Å². The Hall–Kier alpha value is -2.92. The molecule has 0 amide bonds. The minimum absolute atomic E-state index is 0.266. The number of rotatable bonds is 8. The van der Waals surface area contributed by atoms with Crippen molar-refractivity contribution in [3.63, 3.8) is 0 Å². The van der Waals surface area contributed by atoms with E-state index in [9.17, 15) is 4.79 Å². The van der Waals surface area contributed by atoms with E-state index in [4.69, 9.17) is 9.84 Å². The van der Waals surface area contributed by atoms with Crippen LogP contribution in [-0.2, 0) is 6.54 Å². The number of aromatic carboxylic acids is 1. The number of hydrogen-bond acceptors (Lipinski definition) is 4. The van der Waals surface area contributed by atoms with Crippen molar-refractivity contribution in [3.05, 3.63) is 72.1 Å². The second-order valence-corrected chi connectivity index (χ2v) is 6.28. The zero-order valence-electron chi connectivity index (χ0n) is 14.8. The van der Waals surface area contributed by atoms with Crippen LogP contribution in [0, 0.1) is 0 Å². The maximum atomic E-state index is 10.8. The monoisotopic (exact) mass is 350 g/mol. The molecular weight excluding hydrogens is 328 g/mol. The maximum absolute atomic E-state index is 10.8. The van der Waals surface area contributed by atoms with Gasteiger partial charge in [0.1, 0.15) is 5.75 Å². The fraction of sp³-hybridized carbons (Fsp3) is 0.238. The molecule has 0 fully saturated rings. The Labute approximate surface area is 152 Å². The van der Waals surface area contributed by atoms with Crippen LogP contribution in [0.25, 0.3) is 10.8 Å². The van der Waals surface area contributed by atoms with Gasteiger partial charge in [-0.15, -0.1) is 0 Å². The zero-order valence-corrected chi connectivity index (χ0v) is 14.8. The number of fused-ring (bicyclic) bond motifs is 1. The van der Waals surface area contributed by atoms with Crippen LogP contribution in [-0.4, -0.2) is 41.2 Å². The molecule has 134 valence electrons. The van der Waals surface area contributed by atoms with Crippen molar-refractivity contribution in [1.82, 2.24) is 9.88 Å². The summed E-state index contributed by atoms with van der Waals surface area (Å²) >= 11 is 0. The number of carboxylic acids is 1. The SMILES string of the molecule is CN(CCCOc1ccc(C(=O)O)cc1)Cc1cccc2cnccc12. The molecule has 5 heteroatoms. The lowest BCUT2D eigenvalue weighted by Gasteiger charge is -2.18. The van der Waals surface area contributed by atoms with E-state index in [2.05, 4.69) is 41.2 Å². The molecule has 0 saturated heterocycles. The zero-order chi connectivity index (χ0) is 18.4. The first-order valence-corrected chi connectivity index (χ1v) is 8.60. The van der Waals surface area contributed by atoms with Gasteiger partial charge < -0.3 is 14.7 Å². The average molecular weight is 350 g/mol. The van der Waals surface area contributed by atoms with Gasteiger partial charge in [-0.25, -0.2) is 4.79 Å². The lowest BCUT2D eigenvalue weighted by molar-refractivity contribution is 0.0697. The molecule has 1 aromatic heterocycles. The largest absolute Gasteiger partial charge is 0.494 e. The summed E-state index contributed by atoms with van der Waals surface area (Å²) < 4.78 is 5.68. The van der Waals surface area contributed by atoms with Gasteiger partial charge in [0.05, 0.1) is 12.2 Å². The van der Waals surface area contributed by atoms with Crippen LogP contribution in [0.2, 0.25) is 0 Å². The van der Waals surface area contributed by atoms with Gasteiger partial charge >= 0.3 is 5.97 Å². The highest BCUT2D eigenvalue weighted by Crippen LogP contribution is 2.19. The van der Waals surface area contributed by atoms with E-state index in [-0.39, 0.29) is 5.56 Å². The van der Waals surface area contributed by atoms with E-state index >= 15 is 0 Å². The molecule has 1 N–H and O–H groups in total. The van der Waals surface area contributed by atoms with Gasteiger partial charge in [-0.05, 0) is 54.8 Å². The highest BCUT2D eigenvalue weighted by atomic mass is 16.5. The second-order valence-electron chi connectivity index (χ2n) is 6.28. The van der Waals surface area contributed by atoms with Gasteiger partial charge in [0.25, 0.3) is 0 Å². The molecule has 0 radical (unpaired) electrons. The Morgan fingerprint density at radius 1 is 1.15 bits per heavy atom. The normalized spacial score (nSPS) is 11.0. The van der Waals surface area contributed by atoms with Gasteiger partial charge in [-0.3, -0.25) is 4.98 Å². The van der Waals surface area contributed by atoms with Crippen LogP contribution in [0.3, 0.4) is 0 Å². The van der Waals surface area contributed by atoms with E-state index in [1.165, 1.54) is 10.9 Å². The molecule has 0 spiro atoms. The third-order valence-corrected chi connectivity index (χ3v) is 4.27. The molecule has 0 aliphatic heterocycles. The standard InChI is InChI=1S/C21H22N2O3/c1-23(15-18-5-2-4-17-14-22-11-10-20(17)18)12-3-13-26-19-8-6-16(7-9-19)21(24)25/h2,4-11,14H,3,12-13,15H2,1H3,(H,24,25). The molecule has 0 bridgehead atoms. The Morgan fingerprint density at radius 3 is 2.73 bits per heavy atom. The molecule has 3 aromatic rings. The summed E-state index contributed by atoms with van der Waals surface area (Å²) in [4.78, 5) is 17.3. The minimum Gasteiger partial charge on any atom is -0.494 e. The number of carboxylic acid groups (broad SMARTS) is 1. The average Bonchev–Trinajstić information content (AvgIpc) is 2.66. The van der Waals surface area contributed by atoms with Gasteiger partial charge in [0.2, 0.25) is 0 Å². The summed E-state index contributed by atoms with van der Waals surface area (Å²) in [6.07, 6.45) is 4.61. The van der Waals surface area contributed by atoms with Crippen molar-refractivity contribution >= 4 is 16.7 Å². The Bertz CT molecular complexity index is 873. The Kier molecular flexibility index (Phi) is 5.81. The van der Waals surface area contributed by atoms with Crippen molar-refractivity contribution in [3.8, 4) is 5.75 Å². The molecule has 0 saturated carbocycles. The quantitative estimate of drug-likeness (QED) is 0.626. The summed E-state index contributed by atoms with van der Waals surface area (Å²) in [5.74, 6) is -0.235. The number of aromatic nitrogens is 1. The summed E-state index contributed by atoms with van der Waals surface area (Å²) in [6, 6.07) is 14.8. The highest BCUT2D eigenvalue weighted by molar-refractivity contribution is 5.87. The van der Waals surface area contributed by atoms with Crippen molar-refractivity contribution in [2.75, 3.05) is 20.2 Å². The van der Waals surface area contributed by atoms with Gasteiger partial charge in [0.15, 0.2) is 0 Å². The molecule has 5 nitrogen and oxygen atoms in total. The van der Waals surface area contributed by atoms with E-state index in [0.717, 1.165) is 24.9 Å². The predicted molar refractivity (Wildman–Crippen MR) is 102 cm³/mol. The summed E-state index contributed by atoms with van der Waals surface area (Å²) in [5, 5.41) is 11.3. The topological polar surface area (TPSA) is 62.7 Å². The molecule has 3 rings (SSSR count). The number of nitrogens with zero attached hydrogens (tertiary/aromatic N) is 2. The van der Waals surface area contributed by atoms with Gasteiger partial charge in [-0.2, -0.15) is 0 Å². The van der Waals surface area contributed by atoms with Crippen molar-refractivity contribution in [2.24, 2.45) is 0 Å². The van der Waals surface area contributed by atoms with Crippen LogP contribution >= 0.6 is 0 Å². The first-order valence-electron chi connectivity index (χ1n) is 8.60. The van der Waals surface area contributed by atoms with E-state index in [1.807, 2.05) is 12.4 Å². The fourth-order valence-corrected chi connectivity index (χ4v) is 2.92. The smallest absolute Gasteiger partial charge is 0.335 e. The lowest BCUT2D eigenvalue weighted by Crippen LogP contribution is -2.21. The number of hydrogen-bond donors (Lipinski definition) is 1. The predicted octanol–water partition coefficient (Wildman–Crippen LogP) is 3.83. The third kappa shape index (κ3) is 4.58. The van der Waals surface area contributed by atoms with E-state index < -0.39 is 5.97 Å². The lowest BCUT2D eigenvalue weighted by atomic mass is 10.1. The van der Waals surface area contributed by atoms with E-state index in [1.54, 1.807) is 24.3 Å². The number of pyridine rings is 1. The number of benzene rings is 2. The highest BCUT2D eigenvalue weighted by Gasteiger charge is 2.05. The summed E-state index contributed by atoms with van der Waals surface area (Å²) in [6.45, 7) is 2.37. The van der Waals surface area contributed by atoms with E-state index in [0.29, 0.717) is 12.4 Å². The maximum Gasteiger partial charge on any atom is 0.335 e. The van der Waals surface area contributed by atoms with Crippen molar-refractivity contribution in [2.45, 2.75) is 13.0 Å². The molecule has 26 heavy (non-hydrogen) atoms. The first-order chi connectivity index (χ1) is 12.6.